The van der Waals surface area contributed by atoms with Gasteiger partial charge in [0.1, 0.15) is 6.04 Å². The van der Waals surface area contributed by atoms with Gasteiger partial charge in [-0.25, -0.2) is 4.79 Å². The molecule has 0 bridgehead atoms. The smallest absolute Gasteiger partial charge is 0.326 e. The molecule has 1 amide bonds. The number of aliphatic carboxylic acids is 1. The molecular weight excluding hydrogens is 314 g/mol. The molecule has 3 rings (SSSR count). The lowest BCUT2D eigenvalue weighted by Gasteiger charge is -2.24. The van der Waals surface area contributed by atoms with Gasteiger partial charge in [0.25, 0.3) is 5.91 Å². The summed E-state index contributed by atoms with van der Waals surface area (Å²) in [6, 6.07) is -0.630. The molecule has 0 saturated carbocycles. The number of amides is 1. The predicted molar refractivity (Wildman–Crippen MR) is 83.9 cm³/mol. The molecule has 2 saturated heterocycles. The summed E-state index contributed by atoms with van der Waals surface area (Å²) in [6.45, 7) is 3.52. The van der Waals surface area contributed by atoms with Crippen molar-refractivity contribution < 1.29 is 24.2 Å². The lowest BCUT2D eigenvalue weighted by atomic mass is 10.1. The highest BCUT2D eigenvalue weighted by Crippen LogP contribution is 2.26. The second kappa shape index (κ2) is 6.90. The Morgan fingerprint density at radius 1 is 1.38 bits per heavy atom. The van der Waals surface area contributed by atoms with Gasteiger partial charge in [-0.15, -0.1) is 0 Å². The van der Waals surface area contributed by atoms with Gasteiger partial charge in [0.2, 0.25) is 0 Å². The Labute approximate surface area is 140 Å². The van der Waals surface area contributed by atoms with Crippen molar-refractivity contribution in [1.82, 2.24) is 14.7 Å². The zero-order valence-corrected chi connectivity index (χ0v) is 14.0. The Bertz CT molecular complexity index is 623. The summed E-state index contributed by atoms with van der Waals surface area (Å²) in [5, 5.41) is 13.8. The minimum absolute atomic E-state index is 0.223. The minimum atomic E-state index is -1.00. The normalized spacial score (nSPS) is 25.2. The maximum Gasteiger partial charge on any atom is 0.326 e. The van der Waals surface area contributed by atoms with Crippen molar-refractivity contribution >= 4 is 11.9 Å². The molecule has 8 nitrogen and oxygen atoms in total. The van der Waals surface area contributed by atoms with Crippen LogP contribution in [0.15, 0.2) is 6.20 Å². The van der Waals surface area contributed by atoms with Crippen LogP contribution in [0.3, 0.4) is 0 Å². The number of rotatable bonds is 4. The van der Waals surface area contributed by atoms with Crippen LogP contribution in [0.1, 0.15) is 41.4 Å². The van der Waals surface area contributed by atoms with Crippen molar-refractivity contribution in [2.75, 3.05) is 26.9 Å². The lowest BCUT2D eigenvalue weighted by Crippen LogP contribution is -2.40. The number of hydrogen-bond donors (Lipinski definition) is 1. The third-order valence-electron chi connectivity index (χ3n) is 4.95. The maximum atomic E-state index is 12.9. The molecule has 0 aliphatic carbocycles. The quantitative estimate of drug-likeness (QED) is 0.876. The number of ether oxygens (including phenoxy) is 2. The average Bonchev–Trinajstić information content (AvgIpc) is 3.19. The van der Waals surface area contributed by atoms with Gasteiger partial charge in [0, 0.05) is 39.0 Å². The molecule has 2 aliphatic heterocycles. The third kappa shape index (κ3) is 3.03. The average molecular weight is 337 g/mol. The molecule has 2 unspecified atom stereocenters. The molecule has 3 heterocycles. The van der Waals surface area contributed by atoms with Crippen LogP contribution in [0, 0.1) is 6.92 Å². The van der Waals surface area contributed by atoms with Crippen molar-refractivity contribution in [3.63, 3.8) is 0 Å². The Hall–Kier alpha value is -1.93. The Morgan fingerprint density at radius 2 is 2.08 bits per heavy atom. The van der Waals surface area contributed by atoms with E-state index in [4.69, 9.17) is 9.47 Å². The van der Waals surface area contributed by atoms with Gasteiger partial charge < -0.3 is 19.5 Å². The summed E-state index contributed by atoms with van der Waals surface area (Å²) in [6.07, 6.45) is 3.34. The van der Waals surface area contributed by atoms with E-state index in [1.807, 2.05) is 11.6 Å². The zero-order chi connectivity index (χ0) is 17.3. The van der Waals surface area contributed by atoms with Gasteiger partial charge in [0.05, 0.1) is 23.9 Å². The summed E-state index contributed by atoms with van der Waals surface area (Å²) in [7, 11) is 1.53. The number of carbonyl (C=O) groups excluding carboxylic acids is 1. The van der Waals surface area contributed by atoms with E-state index in [1.54, 1.807) is 6.20 Å². The minimum Gasteiger partial charge on any atom is -0.480 e. The van der Waals surface area contributed by atoms with E-state index in [9.17, 15) is 14.7 Å². The van der Waals surface area contributed by atoms with Gasteiger partial charge in [-0.3, -0.25) is 9.48 Å². The zero-order valence-electron chi connectivity index (χ0n) is 14.0. The fourth-order valence-electron chi connectivity index (χ4n) is 3.51. The van der Waals surface area contributed by atoms with Crippen molar-refractivity contribution in [3.05, 3.63) is 17.5 Å². The van der Waals surface area contributed by atoms with Crippen LogP contribution in [-0.2, 0) is 14.3 Å². The highest BCUT2D eigenvalue weighted by atomic mass is 16.5. The van der Waals surface area contributed by atoms with E-state index in [0.29, 0.717) is 25.2 Å². The number of carbonyl (C=O) groups is 2. The first-order valence-electron chi connectivity index (χ1n) is 8.21. The second-order valence-corrected chi connectivity index (χ2v) is 6.34. The van der Waals surface area contributed by atoms with Crippen molar-refractivity contribution in [2.24, 2.45) is 0 Å². The highest BCUT2D eigenvalue weighted by Gasteiger charge is 2.41. The lowest BCUT2D eigenvalue weighted by molar-refractivity contribution is -0.141. The fourth-order valence-corrected chi connectivity index (χ4v) is 3.51. The number of carboxylic acids is 1. The number of likely N-dealkylation sites (tertiary alicyclic amines) is 1. The van der Waals surface area contributed by atoms with Crippen LogP contribution >= 0.6 is 0 Å². The largest absolute Gasteiger partial charge is 0.480 e. The van der Waals surface area contributed by atoms with Crippen LogP contribution < -0.4 is 0 Å². The molecule has 0 spiro atoms. The van der Waals surface area contributed by atoms with Crippen LogP contribution in [0.25, 0.3) is 0 Å². The van der Waals surface area contributed by atoms with Gasteiger partial charge in [-0.2, -0.15) is 5.10 Å². The molecule has 24 heavy (non-hydrogen) atoms. The predicted octanol–water partition coefficient (Wildman–Crippen LogP) is 0.857. The molecule has 0 radical (unpaired) electrons. The summed E-state index contributed by atoms with van der Waals surface area (Å²) >= 11 is 0. The van der Waals surface area contributed by atoms with Crippen LogP contribution in [0.5, 0.6) is 0 Å². The second-order valence-electron chi connectivity index (χ2n) is 6.34. The SMILES string of the molecule is COC1CC(C(=O)O)N(C(=O)c2cnn(C3CCOCC3)c2C)C1. The van der Waals surface area contributed by atoms with Crippen molar-refractivity contribution in [3.8, 4) is 0 Å². The maximum absolute atomic E-state index is 12.9. The van der Waals surface area contributed by atoms with Gasteiger partial charge in [0.15, 0.2) is 0 Å². The van der Waals surface area contributed by atoms with Crippen molar-refractivity contribution in [1.29, 1.82) is 0 Å². The topological polar surface area (TPSA) is 93.9 Å². The van der Waals surface area contributed by atoms with E-state index < -0.39 is 12.0 Å². The first-order chi connectivity index (χ1) is 11.5. The van der Waals surface area contributed by atoms with Crippen molar-refractivity contribution in [2.45, 2.75) is 44.4 Å². The number of aromatic nitrogens is 2. The Morgan fingerprint density at radius 3 is 2.71 bits per heavy atom. The number of hydrogen-bond acceptors (Lipinski definition) is 5. The molecule has 2 aliphatic rings. The van der Waals surface area contributed by atoms with E-state index in [-0.39, 0.29) is 24.6 Å². The first kappa shape index (κ1) is 16.9. The van der Waals surface area contributed by atoms with Gasteiger partial charge in [-0.1, -0.05) is 0 Å². The van der Waals surface area contributed by atoms with Crippen LogP contribution in [0.4, 0.5) is 0 Å². The molecule has 1 aromatic rings. The number of methoxy groups -OCH3 is 1. The third-order valence-corrected chi connectivity index (χ3v) is 4.95. The standard InChI is InChI=1S/C16H23N3O5/c1-10-13(8-17-19(10)11-3-5-24-6-4-11)15(20)18-9-12(23-2)7-14(18)16(21)22/h8,11-12,14H,3-7,9H2,1-2H3,(H,21,22). The van der Waals surface area contributed by atoms with E-state index in [2.05, 4.69) is 5.10 Å². The molecule has 132 valence electrons. The molecular formula is C16H23N3O5. The highest BCUT2D eigenvalue weighted by molar-refractivity contribution is 5.97. The summed E-state index contributed by atoms with van der Waals surface area (Å²) in [5.74, 6) is -1.30. The number of nitrogens with zero attached hydrogens (tertiary/aromatic N) is 3. The van der Waals surface area contributed by atoms with E-state index in [1.165, 1.54) is 12.0 Å². The molecule has 1 N–H and O–H groups in total. The summed E-state index contributed by atoms with van der Waals surface area (Å²) in [4.78, 5) is 25.7. The Kier molecular flexibility index (Phi) is 4.86. The van der Waals surface area contributed by atoms with Gasteiger partial charge >= 0.3 is 5.97 Å². The Balaban J connectivity index is 1.82. The summed E-state index contributed by atoms with van der Waals surface area (Å²) in [5.41, 5.74) is 1.24. The van der Waals surface area contributed by atoms with E-state index in [0.717, 1.165) is 18.5 Å². The first-order valence-corrected chi connectivity index (χ1v) is 8.21. The van der Waals surface area contributed by atoms with Gasteiger partial charge in [-0.05, 0) is 19.8 Å². The monoisotopic (exact) mass is 337 g/mol. The van der Waals surface area contributed by atoms with E-state index >= 15 is 0 Å². The van der Waals surface area contributed by atoms with Crippen LogP contribution in [0.2, 0.25) is 0 Å². The molecule has 8 heteroatoms. The fraction of sp³-hybridized carbons (Fsp3) is 0.688. The number of carboxylic acid groups (broad SMARTS) is 1. The summed E-state index contributed by atoms with van der Waals surface area (Å²) < 4.78 is 12.5. The molecule has 2 atom stereocenters. The van der Waals surface area contributed by atoms with Crippen LogP contribution in [-0.4, -0.2) is 70.7 Å². The molecule has 1 aromatic heterocycles. The molecule has 0 aromatic carbocycles. The molecule has 2 fully saturated rings.